The molecule has 114 valence electrons. The molecule has 0 spiro atoms. The molecule has 2 rings (SSSR count). The van der Waals surface area contributed by atoms with E-state index in [1.165, 1.54) is 0 Å². The molecule has 0 radical (unpaired) electrons. The van der Waals surface area contributed by atoms with Crippen molar-refractivity contribution in [2.45, 2.75) is 19.4 Å². The van der Waals surface area contributed by atoms with Gasteiger partial charge in [0.2, 0.25) is 0 Å². The highest BCUT2D eigenvalue weighted by Crippen LogP contribution is 2.21. The zero-order valence-corrected chi connectivity index (χ0v) is 13.9. The summed E-state index contributed by atoms with van der Waals surface area (Å²) in [6.07, 6.45) is 0.766. The first-order chi connectivity index (χ1) is 10.0. The van der Waals surface area contributed by atoms with Gasteiger partial charge in [-0.05, 0) is 44.7 Å². The molecule has 0 amide bonds. The van der Waals surface area contributed by atoms with Gasteiger partial charge >= 0.3 is 0 Å². The van der Waals surface area contributed by atoms with E-state index in [2.05, 4.69) is 10.4 Å². The van der Waals surface area contributed by atoms with Gasteiger partial charge in [-0.1, -0.05) is 23.2 Å². The summed E-state index contributed by atoms with van der Waals surface area (Å²) in [6.45, 7) is 2.51. The Morgan fingerprint density at radius 2 is 1.95 bits per heavy atom. The summed E-state index contributed by atoms with van der Waals surface area (Å²) in [5.74, 6) is 0.800. The van der Waals surface area contributed by atoms with Crippen molar-refractivity contribution in [2.75, 3.05) is 13.7 Å². The monoisotopic (exact) mass is 327 g/mol. The van der Waals surface area contributed by atoms with Crippen molar-refractivity contribution in [3.8, 4) is 5.75 Å². The van der Waals surface area contributed by atoms with Gasteiger partial charge in [0, 0.05) is 23.7 Å². The second-order valence-electron chi connectivity index (χ2n) is 4.93. The zero-order chi connectivity index (χ0) is 15.4. The Labute approximate surface area is 135 Å². The molecule has 0 aliphatic carbocycles. The lowest BCUT2D eigenvalue weighted by molar-refractivity contribution is 0.269. The van der Waals surface area contributed by atoms with Crippen LogP contribution in [0.1, 0.15) is 11.3 Å². The lowest BCUT2D eigenvalue weighted by Gasteiger charge is -2.17. The van der Waals surface area contributed by atoms with Crippen molar-refractivity contribution < 1.29 is 4.74 Å². The van der Waals surface area contributed by atoms with Crippen LogP contribution in [0.25, 0.3) is 0 Å². The smallest absolute Gasteiger partial charge is 0.130 e. The van der Waals surface area contributed by atoms with Crippen molar-refractivity contribution in [3.63, 3.8) is 0 Å². The highest BCUT2D eigenvalue weighted by molar-refractivity contribution is 6.30. The van der Waals surface area contributed by atoms with Crippen LogP contribution in [0.3, 0.4) is 0 Å². The van der Waals surface area contributed by atoms with Gasteiger partial charge in [-0.15, -0.1) is 0 Å². The van der Waals surface area contributed by atoms with Gasteiger partial charge in [-0.3, -0.25) is 4.68 Å². The Kier molecular flexibility index (Phi) is 5.51. The highest BCUT2D eigenvalue weighted by Gasteiger charge is 2.16. The number of rotatable bonds is 6. The van der Waals surface area contributed by atoms with E-state index in [0.29, 0.717) is 16.8 Å². The van der Waals surface area contributed by atoms with Gasteiger partial charge in [-0.25, -0.2) is 0 Å². The van der Waals surface area contributed by atoms with Crippen LogP contribution < -0.4 is 10.1 Å². The fraction of sp³-hybridized carbons (Fsp3) is 0.400. The molecule has 0 saturated heterocycles. The van der Waals surface area contributed by atoms with Gasteiger partial charge in [0.1, 0.15) is 17.5 Å². The van der Waals surface area contributed by atoms with Crippen LogP contribution in [0.4, 0.5) is 0 Å². The summed E-state index contributed by atoms with van der Waals surface area (Å²) >= 11 is 12.1. The molecule has 21 heavy (non-hydrogen) atoms. The number of ether oxygens (including phenoxy) is 1. The molecule has 0 fully saturated rings. The van der Waals surface area contributed by atoms with E-state index in [1.807, 2.05) is 45.3 Å². The summed E-state index contributed by atoms with van der Waals surface area (Å²) in [5.41, 5.74) is 2.01. The summed E-state index contributed by atoms with van der Waals surface area (Å²) in [4.78, 5) is 0. The fourth-order valence-corrected chi connectivity index (χ4v) is 2.50. The largest absolute Gasteiger partial charge is 0.492 e. The Morgan fingerprint density at radius 3 is 2.48 bits per heavy atom. The summed E-state index contributed by atoms with van der Waals surface area (Å²) < 4.78 is 7.47. The van der Waals surface area contributed by atoms with Crippen LogP contribution in [-0.2, 0) is 13.5 Å². The maximum Gasteiger partial charge on any atom is 0.130 e. The second-order valence-corrected chi connectivity index (χ2v) is 5.73. The van der Waals surface area contributed by atoms with E-state index in [4.69, 9.17) is 27.9 Å². The number of nitrogens with zero attached hydrogens (tertiary/aromatic N) is 2. The van der Waals surface area contributed by atoms with Crippen LogP contribution >= 0.6 is 23.2 Å². The van der Waals surface area contributed by atoms with Crippen molar-refractivity contribution in [2.24, 2.45) is 7.05 Å². The lowest BCUT2D eigenvalue weighted by Crippen LogP contribution is -2.34. The molecule has 1 atom stereocenters. The maximum atomic E-state index is 6.27. The number of hydrogen-bond donors (Lipinski definition) is 1. The minimum atomic E-state index is 0.154. The number of likely N-dealkylation sites (N-methyl/N-ethyl adjacent to an activating group) is 1. The number of aryl methyl sites for hydroxylation is 2. The molecule has 1 unspecified atom stereocenters. The molecule has 1 heterocycles. The third-order valence-electron chi connectivity index (χ3n) is 3.39. The molecule has 0 saturated carbocycles. The molecule has 1 aromatic carbocycles. The standard InChI is InChI=1S/C15H19Cl2N3O/c1-10-14(15(17)20(3)19-10)8-12(18-2)9-21-13-6-4-11(16)5-7-13/h4-7,12,18H,8-9H2,1-3H3. The first kappa shape index (κ1) is 16.1. The van der Waals surface area contributed by atoms with E-state index in [9.17, 15) is 0 Å². The van der Waals surface area contributed by atoms with E-state index in [-0.39, 0.29) is 6.04 Å². The van der Waals surface area contributed by atoms with E-state index >= 15 is 0 Å². The molecule has 6 heteroatoms. The molecule has 2 aromatic rings. The van der Waals surface area contributed by atoms with Gasteiger partial charge < -0.3 is 10.1 Å². The maximum absolute atomic E-state index is 6.27. The average Bonchev–Trinajstić information content (AvgIpc) is 2.71. The Bertz CT molecular complexity index is 596. The molecular weight excluding hydrogens is 309 g/mol. The Morgan fingerprint density at radius 1 is 1.29 bits per heavy atom. The first-order valence-electron chi connectivity index (χ1n) is 6.75. The van der Waals surface area contributed by atoms with Gasteiger partial charge in [0.25, 0.3) is 0 Å². The molecule has 1 N–H and O–H groups in total. The number of benzene rings is 1. The average molecular weight is 328 g/mol. The minimum absolute atomic E-state index is 0.154. The third kappa shape index (κ3) is 4.13. The van der Waals surface area contributed by atoms with E-state index in [1.54, 1.807) is 4.68 Å². The summed E-state index contributed by atoms with van der Waals surface area (Å²) in [5, 5.41) is 8.96. The summed E-state index contributed by atoms with van der Waals surface area (Å²) in [6, 6.07) is 7.50. The van der Waals surface area contributed by atoms with Gasteiger partial charge in [-0.2, -0.15) is 5.10 Å². The van der Waals surface area contributed by atoms with E-state index in [0.717, 1.165) is 23.4 Å². The van der Waals surface area contributed by atoms with Crippen LogP contribution in [-0.4, -0.2) is 29.5 Å². The molecule has 4 nitrogen and oxygen atoms in total. The van der Waals surface area contributed by atoms with Crippen molar-refractivity contribution in [1.29, 1.82) is 0 Å². The first-order valence-corrected chi connectivity index (χ1v) is 7.50. The van der Waals surface area contributed by atoms with Crippen LogP contribution in [0.15, 0.2) is 24.3 Å². The predicted octanol–water partition coefficient (Wildman–Crippen LogP) is 3.24. The lowest BCUT2D eigenvalue weighted by atomic mass is 10.1. The van der Waals surface area contributed by atoms with Crippen LogP contribution in [0.2, 0.25) is 10.2 Å². The number of aromatic nitrogens is 2. The molecular formula is C15H19Cl2N3O. The SMILES string of the molecule is CNC(COc1ccc(Cl)cc1)Cc1c(C)nn(C)c1Cl. The minimum Gasteiger partial charge on any atom is -0.492 e. The Balaban J connectivity index is 1.98. The van der Waals surface area contributed by atoms with Crippen molar-refractivity contribution in [1.82, 2.24) is 15.1 Å². The van der Waals surface area contributed by atoms with Crippen molar-refractivity contribution in [3.05, 3.63) is 45.7 Å². The highest BCUT2D eigenvalue weighted by atomic mass is 35.5. The molecule has 0 aliphatic heterocycles. The fourth-order valence-electron chi connectivity index (χ4n) is 2.12. The van der Waals surface area contributed by atoms with E-state index < -0.39 is 0 Å². The molecule has 0 bridgehead atoms. The van der Waals surface area contributed by atoms with Crippen molar-refractivity contribution >= 4 is 23.2 Å². The second kappa shape index (κ2) is 7.16. The van der Waals surface area contributed by atoms with Gasteiger partial charge in [0.05, 0.1) is 5.69 Å². The Hall–Kier alpha value is -1.23. The van der Waals surface area contributed by atoms with Crippen LogP contribution in [0, 0.1) is 6.92 Å². The molecule has 1 aromatic heterocycles. The normalized spacial score (nSPS) is 12.4. The van der Waals surface area contributed by atoms with Crippen LogP contribution in [0.5, 0.6) is 5.75 Å². The summed E-state index contributed by atoms with van der Waals surface area (Å²) in [7, 11) is 3.76. The zero-order valence-electron chi connectivity index (χ0n) is 12.4. The topological polar surface area (TPSA) is 39.1 Å². The quantitative estimate of drug-likeness (QED) is 0.885. The number of hydrogen-bond acceptors (Lipinski definition) is 3. The molecule has 0 aliphatic rings. The predicted molar refractivity (Wildman–Crippen MR) is 86.5 cm³/mol. The number of halogens is 2. The third-order valence-corrected chi connectivity index (χ3v) is 4.12. The number of nitrogens with one attached hydrogen (secondary N) is 1. The van der Waals surface area contributed by atoms with Gasteiger partial charge in [0.15, 0.2) is 0 Å².